The van der Waals surface area contributed by atoms with E-state index in [0.29, 0.717) is 6.04 Å². The van der Waals surface area contributed by atoms with Crippen molar-refractivity contribution in [1.82, 2.24) is 10.0 Å². The summed E-state index contributed by atoms with van der Waals surface area (Å²) in [7, 11) is -1.94. The maximum Gasteiger partial charge on any atom is 0.240 e. The van der Waals surface area contributed by atoms with Crippen molar-refractivity contribution < 1.29 is 13.2 Å². The monoisotopic (exact) mass is 314 g/mol. The molecule has 0 aromatic heterocycles. The zero-order chi connectivity index (χ0) is 16.1. The molecule has 21 heavy (non-hydrogen) atoms. The van der Waals surface area contributed by atoms with E-state index < -0.39 is 15.6 Å². The smallest absolute Gasteiger partial charge is 0.240 e. The zero-order valence-corrected chi connectivity index (χ0v) is 14.3. The molecule has 0 aliphatic rings. The SMILES string of the molecule is COC(C)(C)CNS(=O)(=O)c1ccc(CNC(C)C)cc1. The molecule has 0 radical (unpaired) electrons. The van der Waals surface area contributed by atoms with Gasteiger partial charge in [0, 0.05) is 26.2 Å². The number of hydrogen-bond donors (Lipinski definition) is 2. The van der Waals surface area contributed by atoms with Gasteiger partial charge in [0.15, 0.2) is 0 Å². The Balaban J connectivity index is 2.71. The second-order valence-corrected chi connectivity index (χ2v) is 7.73. The number of sulfonamides is 1. The first-order valence-electron chi connectivity index (χ1n) is 7.03. The lowest BCUT2D eigenvalue weighted by molar-refractivity contribution is 0.0276. The van der Waals surface area contributed by atoms with Gasteiger partial charge in [-0.2, -0.15) is 0 Å². The van der Waals surface area contributed by atoms with Gasteiger partial charge in [-0.1, -0.05) is 26.0 Å². The van der Waals surface area contributed by atoms with Gasteiger partial charge in [-0.3, -0.25) is 0 Å². The maximum absolute atomic E-state index is 12.2. The van der Waals surface area contributed by atoms with Crippen LogP contribution < -0.4 is 10.0 Å². The summed E-state index contributed by atoms with van der Waals surface area (Å²) in [5, 5.41) is 3.29. The molecular formula is C15H26N2O3S. The third-order valence-electron chi connectivity index (χ3n) is 3.19. The highest BCUT2D eigenvalue weighted by Gasteiger charge is 2.21. The molecule has 0 amide bonds. The molecule has 120 valence electrons. The molecule has 0 saturated heterocycles. The van der Waals surface area contributed by atoms with Crippen molar-refractivity contribution in [2.24, 2.45) is 0 Å². The third kappa shape index (κ3) is 6.13. The third-order valence-corrected chi connectivity index (χ3v) is 4.61. The van der Waals surface area contributed by atoms with Crippen LogP contribution in [0.25, 0.3) is 0 Å². The highest BCUT2D eigenvalue weighted by Crippen LogP contribution is 2.12. The highest BCUT2D eigenvalue weighted by molar-refractivity contribution is 7.89. The predicted molar refractivity (Wildman–Crippen MR) is 84.7 cm³/mol. The molecule has 0 saturated carbocycles. The van der Waals surface area contributed by atoms with E-state index >= 15 is 0 Å². The van der Waals surface area contributed by atoms with Crippen LogP contribution in [0.2, 0.25) is 0 Å². The van der Waals surface area contributed by atoms with Gasteiger partial charge in [0.2, 0.25) is 10.0 Å². The summed E-state index contributed by atoms with van der Waals surface area (Å²) in [6, 6.07) is 7.29. The van der Waals surface area contributed by atoms with Crippen molar-refractivity contribution in [2.75, 3.05) is 13.7 Å². The second-order valence-electron chi connectivity index (χ2n) is 5.97. The van der Waals surface area contributed by atoms with Gasteiger partial charge in [-0.15, -0.1) is 0 Å². The first-order chi connectivity index (χ1) is 9.66. The maximum atomic E-state index is 12.2. The molecule has 1 rings (SSSR count). The van der Waals surface area contributed by atoms with E-state index in [0.717, 1.165) is 12.1 Å². The molecular weight excluding hydrogens is 288 g/mol. The van der Waals surface area contributed by atoms with E-state index in [4.69, 9.17) is 4.74 Å². The lowest BCUT2D eigenvalue weighted by atomic mass is 10.1. The minimum absolute atomic E-state index is 0.225. The first kappa shape index (κ1) is 18.1. The Morgan fingerprint density at radius 1 is 1.19 bits per heavy atom. The van der Waals surface area contributed by atoms with Crippen molar-refractivity contribution in [2.45, 2.75) is 50.8 Å². The van der Waals surface area contributed by atoms with Crippen LogP contribution in [-0.2, 0) is 21.3 Å². The summed E-state index contributed by atoms with van der Waals surface area (Å²) in [5.41, 5.74) is 0.522. The number of methoxy groups -OCH3 is 1. The number of hydrogen-bond acceptors (Lipinski definition) is 4. The number of rotatable bonds is 8. The largest absolute Gasteiger partial charge is 0.377 e. The molecule has 0 unspecified atom stereocenters. The Bertz CT molecular complexity index is 537. The minimum Gasteiger partial charge on any atom is -0.377 e. The van der Waals surface area contributed by atoms with E-state index in [2.05, 4.69) is 23.9 Å². The lowest BCUT2D eigenvalue weighted by Crippen LogP contribution is -2.39. The fourth-order valence-electron chi connectivity index (χ4n) is 1.53. The molecule has 0 spiro atoms. The molecule has 0 heterocycles. The Morgan fingerprint density at radius 3 is 2.24 bits per heavy atom. The minimum atomic E-state index is -3.50. The van der Waals surface area contributed by atoms with Gasteiger partial charge in [-0.05, 0) is 31.5 Å². The molecule has 1 aromatic carbocycles. The molecule has 0 bridgehead atoms. The van der Waals surface area contributed by atoms with Crippen LogP contribution in [0.4, 0.5) is 0 Å². The Hall–Kier alpha value is -0.950. The van der Waals surface area contributed by atoms with Crippen LogP contribution in [0.1, 0.15) is 33.3 Å². The summed E-state index contributed by atoms with van der Waals surface area (Å²) in [5.74, 6) is 0. The molecule has 1 aromatic rings. The average Bonchev–Trinajstić information content (AvgIpc) is 2.44. The quantitative estimate of drug-likeness (QED) is 0.769. The van der Waals surface area contributed by atoms with Crippen molar-refractivity contribution in [1.29, 1.82) is 0 Å². The summed E-state index contributed by atoms with van der Waals surface area (Å²) in [6.07, 6.45) is 0. The molecule has 0 aliphatic heterocycles. The van der Waals surface area contributed by atoms with Gasteiger partial charge in [-0.25, -0.2) is 13.1 Å². The second kappa shape index (κ2) is 7.35. The van der Waals surface area contributed by atoms with Crippen molar-refractivity contribution >= 4 is 10.0 Å². The number of benzene rings is 1. The highest BCUT2D eigenvalue weighted by atomic mass is 32.2. The Labute approximate surface area is 128 Å². The van der Waals surface area contributed by atoms with Gasteiger partial charge in [0.25, 0.3) is 0 Å². The molecule has 6 heteroatoms. The Morgan fingerprint density at radius 2 is 1.76 bits per heavy atom. The van der Waals surface area contributed by atoms with Crippen LogP contribution in [0.3, 0.4) is 0 Å². The van der Waals surface area contributed by atoms with Gasteiger partial charge in [0.1, 0.15) is 0 Å². The van der Waals surface area contributed by atoms with Gasteiger partial charge < -0.3 is 10.1 Å². The molecule has 0 fully saturated rings. The van der Waals surface area contributed by atoms with E-state index in [9.17, 15) is 8.42 Å². The fraction of sp³-hybridized carbons (Fsp3) is 0.600. The summed E-state index contributed by atoms with van der Waals surface area (Å²) < 4.78 is 32.2. The van der Waals surface area contributed by atoms with E-state index in [1.807, 2.05) is 26.0 Å². The predicted octanol–water partition coefficient (Wildman–Crippen LogP) is 1.89. The molecule has 5 nitrogen and oxygen atoms in total. The summed E-state index contributed by atoms with van der Waals surface area (Å²) in [4.78, 5) is 0.266. The topological polar surface area (TPSA) is 67.4 Å². The molecule has 0 atom stereocenters. The van der Waals surface area contributed by atoms with Crippen molar-refractivity contribution in [3.8, 4) is 0 Å². The van der Waals surface area contributed by atoms with Crippen LogP contribution in [0.5, 0.6) is 0 Å². The van der Waals surface area contributed by atoms with Crippen LogP contribution in [0, 0.1) is 0 Å². The van der Waals surface area contributed by atoms with E-state index in [-0.39, 0.29) is 11.4 Å². The number of nitrogens with one attached hydrogen (secondary N) is 2. The molecule has 0 aliphatic carbocycles. The van der Waals surface area contributed by atoms with Crippen LogP contribution in [-0.4, -0.2) is 33.7 Å². The van der Waals surface area contributed by atoms with Crippen molar-refractivity contribution in [3.05, 3.63) is 29.8 Å². The van der Waals surface area contributed by atoms with Crippen molar-refractivity contribution in [3.63, 3.8) is 0 Å². The fourth-order valence-corrected chi connectivity index (χ4v) is 2.73. The summed E-state index contributed by atoms with van der Waals surface area (Å²) in [6.45, 7) is 8.75. The first-order valence-corrected chi connectivity index (χ1v) is 8.52. The van der Waals surface area contributed by atoms with E-state index in [1.165, 1.54) is 0 Å². The van der Waals surface area contributed by atoms with Gasteiger partial charge in [0.05, 0.1) is 10.5 Å². The standard InChI is InChI=1S/C15H26N2O3S/c1-12(2)16-10-13-6-8-14(9-7-13)21(18,19)17-11-15(3,4)20-5/h6-9,12,16-17H,10-11H2,1-5H3. The van der Waals surface area contributed by atoms with Crippen LogP contribution in [0.15, 0.2) is 29.2 Å². The molecule has 2 N–H and O–H groups in total. The average molecular weight is 314 g/mol. The van der Waals surface area contributed by atoms with Gasteiger partial charge >= 0.3 is 0 Å². The van der Waals surface area contributed by atoms with Crippen LogP contribution >= 0.6 is 0 Å². The summed E-state index contributed by atoms with van der Waals surface area (Å²) >= 11 is 0. The normalized spacial score (nSPS) is 12.9. The Kier molecular flexibility index (Phi) is 6.34. The van der Waals surface area contributed by atoms with E-state index in [1.54, 1.807) is 19.2 Å². The number of ether oxygens (including phenoxy) is 1. The lowest BCUT2D eigenvalue weighted by Gasteiger charge is -2.23. The zero-order valence-electron chi connectivity index (χ0n) is 13.4.